The molecule has 0 aliphatic carbocycles. The highest BCUT2D eigenvalue weighted by Crippen LogP contribution is 2.18. The SMILES string of the molecule is CC(C)Oc1ccc(NC(=O)/C(=C/c2ccco2)NC(=O)c2ccccc2)cc1. The normalized spacial score (nSPS) is 11.2. The molecule has 29 heavy (non-hydrogen) atoms. The van der Waals surface area contributed by atoms with Crippen LogP contribution in [0, 0.1) is 0 Å². The van der Waals surface area contributed by atoms with Crippen molar-refractivity contribution in [3.8, 4) is 5.75 Å². The summed E-state index contributed by atoms with van der Waals surface area (Å²) in [6.45, 7) is 3.88. The number of furan rings is 1. The zero-order valence-electron chi connectivity index (χ0n) is 16.2. The van der Waals surface area contributed by atoms with Crippen molar-refractivity contribution in [3.63, 3.8) is 0 Å². The molecule has 2 aromatic carbocycles. The summed E-state index contributed by atoms with van der Waals surface area (Å²) in [7, 11) is 0. The highest BCUT2D eigenvalue weighted by atomic mass is 16.5. The Morgan fingerprint density at radius 1 is 0.966 bits per heavy atom. The average Bonchev–Trinajstić information content (AvgIpc) is 3.22. The molecule has 0 fully saturated rings. The number of rotatable bonds is 7. The fourth-order valence-corrected chi connectivity index (χ4v) is 2.55. The van der Waals surface area contributed by atoms with Gasteiger partial charge in [0.1, 0.15) is 17.2 Å². The first-order chi connectivity index (χ1) is 14.0. The van der Waals surface area contributed by atoms with Crippen LogP contribution in [0.4, 0.5) is 5.69 Å². The average molecular weight is 390 g/mol. The molecule has 1 aromatic heterocycles. The predicted molar refractivity (Wildman–Crippen MR) is 111 cm³/mol. The second kappa shape index (κ2) is 9.41. The molecule has 3 aromatic rings. The van der Waals surface area contributed by atoms with E-state index < -0.39 is 5.91 Å². The van der Waals surface area contributed by atoms with Gasteiger partial charge in [0.2, 0.25) is 0 Å². The number of amides is 2. The second-order valence-electron chi connectivity index (χ2n) is 6.54. The third-order valence-electron chi connectivity index (χ3n) is 3.84. The quantitative estimate of drug-likeness (QED) is 0.583. The van der Waals surface area contributed by atoms with Gasteiger partial charge in [-0.05, 0) is 62.4 Å². The van der Waals surface area contributed by atoms with Crippen molar-refractivity contribution in [1.82, 2.24) is 5.32 Å². The molecular weight excluding hydrogens is 368 g/mol. The van der Waals surface area contributed by atoms with Crippen LogP contribution in [0.3, 0.4) is 0 Å². The summed E-state index contributed by atoms with van der Waals surface area (Å²) < 4.78 is 10.9. The van der Waals surface area contributed by atoms with Crippen LogP contribution in [0.15, 0.2) is 83.1 Å². The highest BCUT2D eigenvalue weighted by Gasteiger charge is 2.15. The summed E-state index contributed by atoms with van der Waals surface area (Å²) >= 11 is 0. The van der Waals surface area contributed by atoms with E-state index in [1.165, 1.54) is 12.3 Å². The van der Waals surface area contributed by atoms with Crippen LogP contribution >= 0.6 is 0 Å². The van der Waals surface area contributed by atoms with Crippen LogP contribution in [-0.4, -0.2) is 17.9 Å². The molecule has 0 spiro atoms. The molecule has 0 saturated heterocycles. The van der Waals surface area contributed by atoms with E-state index in [0.29, 0.717) is 22.8 Å². The van der Waals surface area contributed by atoms with Gasteiger partial charge < -0.3 is 19.8 Å². The lowest BCUT2D eigenvalue weighted by Crippen LogP contribution is -2.30. The van der Waals surface area contributed by atoms with Gasteiger partial charge in [0, 0.05) is 17.3 Å². The largest absolute Gasteiger partial charge is 0.491 e. The number of anilines is 1. The number of nitrogens with one attached hydrogen (secondary N) is 2. The van der Waals surface area contributed by atoms with E-state index in [4.69, 9.17) is 9.15 Å². The zero-order chi connectivity index (χ0) is 20.6. The standard InChI is InChI=1S/C23H22N2O4/c1-16(2)29-19-12-10-18(11-13-19)24-23(27)21(15-20-9-6-14-28-20)25-22(26)17-7-4-3-5-8-17/h3-16H,1-2H3,(H,24,27)(H,25,26)/b21-15-. The van der Waals surface area contributed by atoms with Crippen molar-refractivity contribution in [3.05, 3.63) is 90.0 Å². The Morgan fingerprint density at radius 2 is 1.69 bits per heavy atom. The molecule has 0 bridgehead atoms. The van der Waals surface area contributed by atoms with Crippen LogP contribution in [0.25, 0.3) is 6.08 Å². The fraction of sp³-hybridized carbons (Fsp3) is 0.130. The predicted octanol–water partition coefficient (Wildman–Crippen LogP) is 4.48. The molecule has 0 aliphatic heterocycles. The Balaban J connectivity index is 1.77. The van der Waals surface area contributed by atoms with Crippen LogP contribution in [0.2, 0.25) is 0 Å². The van der Waals surface area contributed by atoms with Crippen LogP contribution in [-0.2, 0) is 4.79 Å². The summed E-state index contributed by atoms with van der Waals surface area (Å²) in [6.07, 6.45) is 3.03. The molecule has 148 valence electrons. The summed E-state index contributed by atoms with van der Waals surface area (Å²) in [6, 6.07) is 19.1. The highest BCUT2D eigenvalue weighted by molar-refractivity contribution is 6.10. The summed E-state index contributed by atoms with van der Waals surface area (Å²) in [4.78, 5) is 25.3. The van der Waals surface area contributed by atoms with Crippen molar-refractivity contribution < 1.29 is 18.7 Å². The van der Waals surface area contributed by atoms with E-state index in [1.807, 2.05) is 19.9 Å². The number of hydrogen-bond donors (Lipinski definition) is 2. The molecule has 2 amide bonds. The summed E-state index contributed by atoms with van der Waals surface area (Å²) in [5, 5.41) is 5.43. The van der Waals surface area contributed by atoms with E-state index in [-0.39, 0.29) is 17.7 Å². The lowest BCUT2D eigenvalue weighted by molar-refractivity contribution is -0.113. The van der Waals surface area contributed by atoms with Gasteiger partial charge in [0.15, 0.2) is 0 Å². The van der Waals surface area contributed by atoms with Gasteiger partial charge in [-0.1, -0.05) is 18.2 Å². The number of ether oxygens (including phenoxy) is 1. The molecule has 0 radical (unpaired) electrons. The van der Waals surface area contributed by atoms with Crippen LogP contribution < -0.4 is 15.4 Å². The van der Waals surface area contributed by atoms with Gasteiger partial charge in [-0.3, -0.25) is 9.59 Å². The van der Waals surface area contributed by atoms with E-state index >= 15 is 0 Å². The zero-order valence-corrected chi connectivity index (χ0v) is 16.2. The Labute approximate surface area is 169 Å². The van der Waals surface area contributed by atoms with E-state index in [2.05, 4.69) is 10.6 Å². The van der Waals surface area contributed by atoms with Crippen molar-refractivity contribution in [2.75, 3.05) is 5.32 Å². The van der Waals surface area contributed by atoms with E-state index in [9.17, 15) is 9.59 Å². The van der Waals surface area contributed by atoms with Crippen molar-refractivity contribution in [2.24, 2.45) is 0 Å². The number of carbonyl (C=O) groups excluding carboxylic acids is 2. The van der Waals surface area contributed by atoms with Crippen LogP contribution in [0.1, 0.15) is 30.0 Å². The molecule has 2 N–H and O–H groups in total. The Hall–Kier alpha value is -3.80. The summed E-state index contributed by atoms with van der Waals surface area (Å²) in [5.74, 6) is 0.299. The molecule has 3 rings (SSSR count). The van der Waals surface area contributed by atoms with Gasteiger partial charge >= 0.3 is 0 Å². The lowest BCUT2D eigenvalue weighted by Gasteiger charge is -2.12. The van der Waals surface area contributed by atoms with Crippen molar-refractivity contribution >= 4 is 23.6 Å². The first-order valence-electron chi connectivity index (χ1n) is 9.21. The minimum atomic E-state index is -0.469. The lowest BCUT2D eigenvalue weighted by atomic mass is 10.2. The fourth-order valence-electron chi connectivity index (χ4n) is 2.55. The smallest absolute Gasteiger partial charge is 0.272 e. The molecule has 0 saturated carbocycles. The maximum Gasteiger partial charge on any atom is 0.272 e. The molecule has 0 unspecified atom stereocenters. The molecule has 6 heteroatoms. The maximum atomic E-state index is 12.8. The van der Waals surface area contributed by atoms with Gasteiger partial charge in [0.05, 0.1) is 12.4 Å². The molecule has 1 heterocycles. The first kappa shape index (κ1) is 19.9. The minimum absolute atomic E-state index is 0.0615. The number of benzene rings is 2. The third-order valence-corrected chi connectivity index (χ3v) is 3.84. The Bertz CT molecular complexity index is 975. The number of hydrogen-bond acceptors (Lipinski definition) is 4. The summed E-state index contributed by atoms with van der Waals surface area (Å²) in [5.41, 5.74) is 1.09. The van der Waals surface area contributed by atoms with E-state index in [1.54, 1.807) is 60.7 Å². The third kappa shape index (κ3) is 5.84. The topological polar surface area (TPSA) is 80.6 Å². The minimum Gasteiger partial charge on any atom is -0.491 e. The first-order valence-corrected chi connectivity index (χ1v) is 9.21. The van der Waals surface area contributed by atoms with Gasteiger partial charge in [-0.25, -0.2) is 0 Å². The molecule has 0 aliphatic rings. The molecule has 6 nitrogen and oxygen atoms in total. The van der Waals surface area contributed by atoms with Gasteiger partial charge in [-0.2, -0.15) is 0 Å². The molecular formula is C23H22N2O4. The number of carbonyl (C=O) groups is 2. The monoisotopic (exact) mass is 390 g/mol. The van der Waals surface area contributed by atoms with Crippen LogP contribution in [0.5, 0.6) is 5.75 Å². The molecule has 0 atom stereocenters. The Morgan fingerprint density at radius 3 is 2.31 bits per heavy atom. The maximum absolute atomic E-state index is 12.8. The van der Waals surface area contributed by atoms with Crippen molar-refractivity contribution in [2.45, 2.75) is 20.0 Å². The van der Waals surface area contributed by atoms with Crippen molar-refractivity contribution in [1.29, 1.82) is 0 Å². The van der Waals surface area contributed by atoms with Gasteiger partial charge in [-0.15, -0.1) is 0 Å². The Kier molecular flexibility index (Phi) is 6.47. The van der Waals surface area contributed by atoms with Gasteiger partial charge in [0.25, 0.3) is 11.8 Å². The second-order valence-corrected chi connectivity index (χ2v) is 6.54. The van der Waals surface area contributed by atoms with E-state index in [0.717, 1.165) is 0 Å².